The van der Waals surface area contributed by atoms with Crippen LogP contribution in [-0.4, -0.2) is 32.6 Å². The number of anilines is 1. The molecule has 0 saturated carbocycles. The summed E-state index contributed by atoms with van der Waals surface area (Å²) in [6.07, 6.45) is 5.39. The van der Waals surface area contributed by atoms with Crippen molar-refractivity contribution < 1.29 is 4.79 Å². The Morgan fingerprint density at radius 3 is 2.57 bits per heavy atom. The molecule has 2 aromatic rings. The Morgan fingerprint density at radius 2 is 2.00 bits per heavy atom. The number of nitrogens with zero attached hydrogens (tertiary/aromatic N) is 2. The van der Waals surface area contributed by atoms with Crippen LogP contribution in [0.25, 0.3) is 11.3 Å². The molecule has 0 unspecified atom stereocenters. The molecule has 5 nitrogen and oxygen atoms in total. The molecule has 2 N–H and O–H groups in total. The third-order valence-electron chi connectivity index (χ3n) is 3.08. The third kappa shape index (κ3) is 3.85. The van der Waals surface area contributed by atoms with E-state index in [0.29, 0.717) is 5.82 Å². The smallest absolute Gasteiger partial charge is 0.239 e. The Hall–Kier alpha value is -1.82. The zero-order valence-corrected chi connectivity index (χ0v) is 13.5. The van der Waals surface area contributed by atoms with Gasteiger partial charge >= 0.3 is 0 Å². The second-order valence-corrected chi connectivity index (χ2v) is 6.82. The molecular formula is C15H20N4OS. The summed E-state index contributed by atoms with van der Waals surface area (Å²) in [7, 11) is 0. The highest BCUT2D eigenvalue weighted by Crippen LogP contribution is 2.30. The highest BCUT2D eigenvalue weighted by molar-refractivity contribution is 8.00. The lowest BCUT2D eigenvalue weighted by atomic mass is 9.91. The molecular weight excluding hydrogens is 284 g/mol. The number of amides is 1. The number of rotatable bonds is 4. The molecule has 21 heavy (non-hydrogen) atoms. The van der Waals surface area contributed by atoms with Crippen LogP contribution in [0.15, 0.2) is 30.6 Å². The van der Waals surface area contributed by atoms with E-state index in [-0.39, 0.29) is 16.6 Å². The van der Waals surface area contributed by atoms with E-state index in [2.05, 4.69) is 41.3 Å². The van der Waals surface area contributed by atoms with Crippen molar-refractivity contribution in [3.8, 4) is 11.3 Å². The van der Waals surface area contributed by atoms with Crippen LogP contribution < -0.4 is 5.32 Å². The van der Waals surface area contributed by atoms with E-state index in [0.717, 1.165) is 11.3 Å². The van der Waals surface area contributed by atoms with Gasteiger partial charge in [-0.05, 0) is 23.8 Å². The molecule has 2 rings (SSSR count). The summed E-state index contributed by atoms with van der Waals surface area (Å²) in [5, 5.41) is 9.81. The average Bonchev–Trinajstić information content (AvgIpc) is 2.87. The van der Waals surface area contributed by atoms with Gasteiger partial charge in [0.2, 0.25) is 5.91 Å². The number of aromatic nitrogens is 3. The van der Waals surface area contributed by atoms with E-state index in [9.17, 15) is 4.79 Å². The van der Waals surface area contributed by atoms with Gasteiger partial charge in [0.05, 0.1) is 10.9 Å². The molecule has 6 heteroatoms. The summed E-state index contributed by atoms with van der Waals surface area (Å²) >= 11 is 1.55. The van der Waals surface area contributed by atoms with Gasteiger partial charge in [-0.3, -0.25) is 14.9 Å². The fourth-order valence-corrected chi connectivity index (χ4v) is 3.09. The Morgan fingerprint density at radius 1 is 1.33 bits per heavy atom. The standard InChI is InChI=1S/C15H20N4OS/c1-15(2,3)13(21-4)14(20)17-12-9-11(18-19-12)10-5-7-16-8-6-10/h5-9,13H,1-4H3,(H2,17,18,19,20)/t13-/m1/s1. The lowest BCUT2D eigenvalue weighted by Gasteiger charge is -2.27. The van der Waals surface area contributed by atoms with E-state index in [1.54, 1.807) is 24.2 Å². The highest BCUT2D eigenvalue weighted by atomic mass is 32.2. The molecule has 0 aliphatic heterocycles. The molecule has 0 aliphatic rings. The second-order valence-electron chi connectivity index (χ2n) is 5.87. The number of pyridine rings is 1. The minimum atomic E-state index is -0.126. The summed E-state index contributed by atoms with van der Waals surface area (Å²) in [4.78, 5) is 16.3. The first-order valence-corrected chi connectivity index (χ1v) is 8.00. The van der Waals surface area contributed by atoms with Crippen LogP contribution in [0.3, 0.4) is 0 Å². The molecule has 2 heterocycles. The molecule has 0 saturated heterocycles. The van der Waals surface area contributed by atoms with Gasteiger partial charge in [-0.25, -0.2) is 0 Å². The number of nitrogens with one attached hydrogen (secondary N) is 2. The predicted molar refractivity (Wildman–Crippen MR) is 87.2 cm³/mol. The third-order valence-corrected chi connectivity index (χ3v) is 4.47. The normalized spacial score (nSPS) is 13.0. The second kappa shape index (κ2) is 6.30. The number of aromatic amines is 1. The van der Waals surface area contributed by atoms with Gasteiger partial charge in [-0.15, -0.1) is 0 Å². The number of carbonyl (C=O) groups excluding carboxylic acids is 1. The highest BCUT2D eigenvalue weighted by Gasteiger charge is 2.30. The molecule has 0 aromatic carbocycles. The first kappa shape index (κ1) is 15.6. The largest absolute Gasteiger partial charge is 0.308 e. The summed E-state index contributed by atoms with van der Waals surface area (Å²) in [6.45, 7) is 6.17. The van der Waals surface area contributed by atoms with Gasteiger partial charge in [0, 0.05) is 24.0 Å². The van der Waals surface area contributed by atoms with Crippen molar-refractivity contribution in [2.24, 2.45) is 5.41 Å². The fraction of sp³-hybridized carbons (Fsp3) is 0.400. The van der Waals surface area contributed by atoms with E-state index < -0.39 is 0 Å². The van der Waals surface area contributed by atoms with Crippen LogP contribution in [0.2, 0.25) is 0 Å². The van der Waals surface area contributed by atoms with Crippen LogP contribution in [0, 0.1) is 5.41 Å². The number of H-pyrrole nitrogens is 1. The fourth-order valence-electron chi connectivity index (χ4n) is 2.11. The summed E-state index contributed by atoms with van der Waals surface area (Å²) in [5.74, 6) is 0.512. The van der Waals surface area contributed by atoms with Crippen molar-refractivity contribution in [1.29, 1.82) is 0 Å². The molecule has 2 aromatic heterocycles. The zero-order chi connectivity index (χ0) is 15.5. The van der Waals surface area contributed by atoms with Gasteiger partial charge < -0.3 is 5.32 Å². The molecule has 0 radical (unpaired) electrons. The van der Waals surface area contributed by atoms with Gasteiger partial charge in [0.15, 0.2) is 5.82 Å². The van der Waals surface area contributed by atoms with E-state index in [1.165, 1.54) is 0 Å². The lowest BCUT2D eigenvalue weighted by Crippen LogP contribution is -2.35. The van der Waals surface area contributed by atoms with E-state index in [1.807, 2.05) is 24.5 Å². The Labute approximate surface area is 128 Å². The Balaban J connectivity index is 2.11. The number of hydrogen-bond acceptors (Lipinski definition) is 4. The van der Waals surface area contributed by atoms with Crippen molar-refractivity contribution in [2.75, 3.05) is 11.6 Å². The van der Waals surface area contributed by atoms with Crippen molar-refractivity contribution >= 4 is 23.5 Å². The monoisotopic (exact) mass is 304 g/mol. The molecule has 0 fully saturated rings. The minimum absolute atomic E-state index is 0.0252. The molecule has 112 valence electrons. The number of thioether (sulfide) groups is 1. The van der Waals surface area contributed by atoms with Crippen LogP contribution in [-0.2, 0) is 4.79 Å². The van der Waals surface area contributed by atoms with Crippen molar-refractivity contribution in [2.45, 2.75) is 26.0 Å². The SMILES string of the molecule is CS[C@H](C(=O)Nc1cc(-c2ccncc2)[nH]n1)C(C)(C)C. The van der Waals surface area contributed by atoms with Crippen LogP contribution in [0.4, 0.5) is 5.82 Å². The molecule has 1 amide bonds. The zero-order valence-electron chi connectivity index (χ0n) is 12.7. The average molecular weight is 304 g/mol. The first-order valence-electron chi connectivity index (χ1n) is 6.71. The van der Waals surface area contributed by atoms with Crippen molar-refractivity contribution in [1.82, 2.24) is 15.2 Å². The number of hydrogen-bond donors (Lipinski definition) is 2. The van der Waals surface area contributed by atoms with Crippen LogP contribution in [0.5, 0.6) is 0 Å². The first-order chi connectivity index (χ1) is 9.91. The molecule has 1 atom stereocenters. The maximum atomic E-state index is 12.3. The Bertz CT molecular complexity index is 604. The van der Waals surface area contributed by atoms with Gasteiger partial charge in [0.25, 0.3) is 0 Å². The van der Waals surface area contributed by atoms with Crippen LogP contribution >= 0.6 is 11.8 Å². The van der Waals surface area contributed by atoms with Gasteiger partial charge in [-0.1, -0.05) is 20.8 Å². The maximum Gasteiger partial charge on any atom is 0.239 e. The number of carbonyl (C=O) groups is 1. The van der Waals surface area contributed by atoms with Crippen LogP contribution in [0.1, 0.15) is 20.8 Å². The molecule has 0 bridgehead atoms. The Kier molecular flexibility index (Phi) is 4.67. The van der Waals surface area contributed by atoms with E-state index in [4.69, 9.17) is 0 Å². The van der Waals surface area contributed by atoms with Crippen molar-refractivity contribution in [3.05, 3.63) is 30.6 Å². The predicted octanol–water partition coefficient (Wildman–Crippen LogP) is 3.19. The molecule has 0 aliphatic carbocycles. The van der Waals surface area contributed by atoms with Crippen molar-refractivity contribution in [3.63, 3.8) is 0 Å². The minimum Gasteiger partial charge on any atom is -0.308 e. The molecule has 0 spiro atoms. The lowest BCUT2D eigenvalue weighted by molar-refractivity contribution is -0.117. The summed E-state index contributed by atoms with van der Waals surface area (Å²) < 4.78 is 0. The maximum absolute atomic E-state index is 12.3. The quantitative estimate of drug-likeness (QED) is 0.910. The van der Waals surface area contributed by atoms with Gasteiger partial charge in [0.1, 0.15) is 0 Å². The summed E-state index contributed by atoms with van der Waals surface area (Å²) in [6, 6.07) is 5.60. The topological polar surface area (TPSA) is 70.7 Å². The summed E-state index contributed by atoms with van der Waals surface area (Å²) in [5.41, 5.74) is 1.73. The van der Waals surface area contributed by atoms with Gasteiger partial charge in [-0.2, -0.15) is 16.9 Å². The van der Waals surface area contributed by atoms with E-state index >= 15 is 0 Å².